The molecule has 6 heteroatoms. The van der Waals surface area contributed by atoms with Crippen LogP contribution in [0.1, 0.15) is 20.3 Å². The Kier molecular flexibility index (Phi) is 5.43. The highest BCUT2D eigenvalue weighted by Crippen LogP contribution is 2.07. The number of hydrogen-bond acceptors (Lipinski definition) is 3. The third-order valence-corrected chi connectivity index (χ3v) is 3.37. The van der Waals surface area contributed by atoms with E-state index in [0.29, 0.717) is 11.3 Å². The largest absolute Gasteiger partial charge is 0.320 e. The summed E-state index contributed by atoms with van der Waals surface area (Å²) in [7, 11) is -1.70. The number of nitrogens with two attached hydrogens (primary N) is 1. The average Bonchev–Trinajstić information content (AvgIpc) is 2.28. The molecule has 0 aromatic heterocycles. The van der Waals surface area contributed by atoms with Gasteiger partial charge in [-0.15, -0.1) is 0 Å². The molecule has 0 aliphatic carbocycles. The number of nitrogens with one attached hydrogen (secondary N) is 1. The van der Waals surface area contributed by atoms with Crippen LogP contribution in [0.15, 0.2) is 29.2 Å². The van der Waals surface area contributed by atoms with Crippen LogP contribution in [0.25, 0.3) is 0 Å². The third-order valence-electron chi connectivity index (χ3n) is 2.28. The summed E-state index contributed by atoms with van der Waals surface area (Å²) in [6.45, 7) is 3.90. The smallest absolute Gasteiger partial charge is 0.248 e. The van der Waals surface area contributed by atoms with Crippen LogP contribution in [0.4, 0.5) is 4.39 Å². The molecule has 0 spiro atoms. The SMILES string of the molecule is CC(C)CC(N)C(=O)NS(=O)c1ccc(F)cc1. The Hall–Kier alpha value is -1.27. The van der Waals surface area contributed by atoms with Crippen molar-refractivity contribution in [3.63, 3.8) is 0 Å². The maximum absolute atomic E-state index is 12.7. The summed E-state index contributed by atoms with van der Waals surface area (Å²) in [4.78, 5) is 12.0. The maximum Gasteiger partial charge on any atom is 0.248 e. The van der Waals surface area contributed by atoms with Crippen molar-refractivity contribution in [3.05, 3.63) is 30.1 Å². The number of amides is 1. The second-order valence-electron chi connectivity index (χ2n) is 4.43. The highest BCUT2D eigenvalue weighted by Gasteiger charge is 2.17. The first-order valence-corrected chi connectivity index (χ1v) is 6.78. The Bertz CT molecular complexity index is 434. The van der Waals surface area contributed by atoms with Gasteiger partial charge in [-0.2, -0.15) is 0 Å². The van der Waals surface area contributed by atoms with Crippen molar-refractivity contribution in [2.45, 2.75) is 31.2 Å². The zero-order valence-electron chi connectivity index (χ0n) is 10.4. The van der Waals surface area contributed by atoms with Crippen LogP contribution in [-0.2, 0) is 15.8 Å². The lowest BCUT2D eigenvalue weighted by atomic mass is 10.0. The molecular formula is C12H17FN2O2S. The maximum atomic E-state index is 12.7. The molecule has 4 nitrogen and oxygen atoms in total. The molecule has 0 aliphatic heterocycles. The van der Waals surface area contributed by atoms with E-state index in [1.807, 2.05) is 13.8 Å². The van der Waals surface area contributed by atoms with Crippen LogP contribution in [0, 0.1) is 11.7 Å². The summed E-state index contributed by atoms with van der Waals surface area (Å²) in [6, 6.07) is 4.41. The summed E-state index contributed by atoms with van der Waals surface area (Å²) in [5.41, 5.74) is 5.66. The Balaban J connectivity index is 2.59. The number of benzene rings is 1. The molecule has 100 valence electrons. The first kappa shape index (κ1) is 14.8. The van der Waals surface area contributed by atoms with Gasteiger partial charge in [0.05, 0.1) is 10.9 Å². The molecule has 2 unspecified atom stereocenters. The van der Waals surface area contributed by atoms with Crippen molar-refractivity contribution in [3.8, 4) is 0 Å². The van der Waals surface area contributed by atoms with E-state index < -0.39 is 28.8 Å². The van der Waals surface area contributed by atoms with E-state index in [9.17, 15) is 13.4 Å². The van der Waals surface area contributed by atoms with Crippen LogP contribution < -0.4 is 10.5 Å². The number of hydrogen-bond donors (Lipinski definition) is 2. The van der Waals surface area contributed by atoms with E-state index in [2.05, 4.69) is 4.72 Å². The molecule has 1 amide bonds. The van der Waals surface area contributed by atoms with E-state index in [4.69, 9.17) is 5.73 Å². The number of rotatable bonds is 5. The molecule has 1 aromatic rings. The molecule has 0 heterocycles. The van der Waals surface area contributed by atoms with Gasteiger partial charge in [0.2, 0.25) is 5.91 Å². The summed E-state index contributed by atoms with van der Waals surface area (Å²) in [5, 5.41) is 0. The van der Waals surface area contributed by atoms with Gasteiger partial charge in [-0.05, 0) is 36.6 Å². The number of carbonyl (C=O) groups is 1. The average molecular weight is 272 g/mol. The molecule has 18 heavy (non-hydrogen) atoms. The van der Waals surface area contributed by atoms with Gasteiger partial charge in [-0.1, -0.05) is 13.8 Å². The lowest BCUT2D eigenvalue weighted by Gasteiger charge is -2.13. The van der Waals surface area contributed by atoms with Crippen molar-refractivity contribution in [2.24, 2.45) is 11.7 Å². The molecule has 0 saturated carbocycles. The predicted octanol–water partition coefficient (Wildman–Crippen LogP) is 1.34. The zero-order chi connectivity index (χ0) is 13.7. The summed E-state index contributed by atoms with van der Waals surface area (Å²) in [5.74, 6) is -0.602. The minimum atomic E-state index is -1.70. The second-order valence-corrected chi connectivity index (χ2v) is 5.64. The molecule has 0 bridgehead atoms. The monoisotopic (exact) mass is 272 g/mol. The molecule has 0 radical (unpaired) electrons. The molecule has 0 aliphatic rings. The first-order valence-electron chi connectivity index (χ1n) is 5.63. The van der Waals surface area contributed by atoms with Crippen LogP contribution in [-0.4, -0.2) is 16.2 Å². The van der Waals surface area contributed by atoms with E-state index in [1.54, 1.807) is 0 Å². The molecule has 1 rings (SSSR count). The topological polar surface area (TPSA) is 72.2 Å². The number of halogens is 1. The molecule has 0 fully saturated rings. The first-order chi connectivity index (χ1) is 8.40. The van der Waals surface area contributed by atoms with Gasteiger partial charge in [-0.25, -0.2) is 8.60 Å². The Morgan fingerprint density at radius 3 is 2.44 bits per heavy atom. The van der Waals surface area contributed by atoms with Crippen molar-refractivity contribution in [2.75, 3.05) is 0 Å². The van der Waals surface area contributed by atoms with Gasteiger partial charge >= 0.3 is 0 Å². The van der Waals surface area contributed by atoms with Gasteiger partial charge in [-0.3, -0.25) is 9.52 Å². The quantitative estimate of drug-likeness (QED) is 0.849. The minimum absolute atomic E-state index is 0.282. The zero-order valence-corrected chi connectivity index (χ0v) is 11.2. The fourth-order valence-corrected chi connectivity index (χ4v) is 2.23. The van der Waals surface area contributed by atoms with E-state index in [0.717, 1.165) is 0 Å². The van der Waals surface area contributed by atoms with Gasteiger partial charge in [0, 0.05) is 0 Å². The van der Waals surface area contributed by atoms with Gasteiger partial charge < -0.3 is 5.73 Å². The fourth-order valence-electron chi connectivity index (χ4n) is 1.40. The summed E-state index contributed by atoms with van der Waals surface area (Å²) < 4.78 is 26.7. The van der Waals surface area contributed by atoms with Crippen LogP contribution in [0.5, 0.6) is 0 Å². The summed E-state index contributed by atoms with van der Waals surface area (Å²) >= 11 is 0. The predicted molar refractivity (Wildman–Crippen MR) is 68.4 cm³/mol. The van der Waals surface area contributed by atoms with Crippen molar-refractivity contribution in [1.29, 1.82) is 0 Å². The third kappa shape index (κ3) is 4.54. The Morgan fingerprint density at radius 1 is 1.39 bits per heavy atom. The molecule has 3 N–H and O–H groups in total. The van der Waals surface area contributed by atoms with E-state index in [-0.39, 0.29) is 5.92 Å². The van der Waals surface area contributed by atoms with Crippen molar-refractivity contribution in [1.82, 2.24) is 4.72 Å². The van der Waals surface area contributed by atoms with Crippen molar-refractivity contribution < 1.29 is 13.4 Å². The van der Waals surface area contributed by atoms with Gasteiger partial charge in [0.15, 0.2) is 11.0 Å². The van der Waals surface area contributed by atoms with Gasteiger partial charge in [0.1, 0.15) is 5.82 Å². The molecular weight excluding hydrogens is 255 g/mol. The standard InChI is InChI=1S/C12H17FN2O2S/c1-8(2)7-11(14)12(16)15-18(17)10-5-3-9(13)4-6-10/h3-6,8,11H,7,14H2,1-2H3,(H,15,16). The Labute approximate surface area is 108 Å². The molecule has 1 aromatic carbocycles. The minimum Gasteiger partial charge on any atom is -0.320 e. The Morgan fingerprint density at radius 2 is 1.94 bits per heavy atom. The lowest BCUT2D eigenvalue weighted by molar-refractivity contribution is -0.120. The number of carbonyl (C=O) groups excluding carboxylic acids is 1. The van der Waals surface area contributed by atoms with E-state index >= 15 is 0 Å². The second kappa shape index (κ2) is 6.61. The molecule has 0 saturated heterocycles. The van der Waals surface area contributed by atoms with E-state index in [1.165, 1.54) is 24.3 Å². The van der Waals surface area contributed by atoms with Gasteiger partial charge in [0.25, 0.3) is 0 Å². The fraction of sp³-hybridized carbons (Fsp3) is 0.417. The molecule has 2 atom stereocenters. The van der Waals surface area contributed by atoms with Crippen LogP contribution in [0.3, 0.4) is 0 Å². The summed E-state index contributed by atoms with van der Waals surface area (Å²) in [6.07, 6.45) is 0.520. The van der Waals surface area contributed by atoms with Crippen molar-refractivity contribution >= 4 is 16.9 Å². The van der Waals surface area contributed by atoms with Crippen LogP contribution in [0.2, 0.25) is 0 Å². The van der Waals surface area contributed by atoms with Crippen LogP contribution >= 0.6 is 0 Å². The highest BCUT2D eigenvalue weighted by molar-refractivity contribution is 7.83. The highest BCUT2D eigenvalue weighted by atomic mass is 32.2. The lowest BCUT2D eigenvalue weighted by Crippen LogP contribution is -2.42. The normalized spacial score (nSPS) is 14.3.